The Balaban J connectivity index is -0.00000132. The minimum atomic E-state index is -1.85. The van der Waals surface area contributed by atoms with Crippen LogP contribution in [0.15, 0.2) is 47.1 Å². The molecule has 0 fully saturated rings. The zero-order valence-electron chi connectivity index (χ0n) is 17.2. The van der Waals surface area contributed by atoms with E-state index in [-0.39, 0.29) is 64.0 Å². The molecule has 0 radical (unpaired) electrons. The van der Waals surface area contributed by atoms with Crippen molar-refractivity contribution >= 4 is 13.3 Å². The van der Waals surface area contributed by atoms with Crippen molar-refractivity contribution in [2.75, 3.05) is 0 Å². The van der Waals surface area contributed by atoms with Crippen LogP contribution >= 0.6 is 0 Å². The molecule has 0 bridgehead atoms. The zero-order chi connectivity index (χ0) is 16.7. The van der Waals surface area contributed by atoms with Crippen molar-refractivity contribution in [3.8, 4) is 0 Å². The Labute approximate surface area is 195 Å². The molecule has 1 aliphatic carbocycles. The summed E-state index contributed by atoms with van der Waals surface area (Å²) in [6.07, 6.45) is 3.94. The summed E-state index contributed by atoms with van der Waals surface area (Å²) >= 11 is 0. The maximum Gasteiger partial charge on any atom is 4.00 e. The number of benzene rings is 1. The Kier molecular flexibility index (Phi) is 13.8. The summed E-state index contributed by atoms with van der Waals surface area (Å²) in [4.78, 5) is 0. The third-order valence-electron chi connectivity index (χ3n) is 6.21. The number of halogens is 3. The van der Waals surface area contributed by atoms with Gasteiger partial charge in [-0.1, -0.05) is 89.0 Å². The second-order valence-electron chi connectivity index (χ2n) is 7.67. The summed E-state index contributed by atoms with van der Waals surface area (Å²) in [5.74, 6) is 0. The average molecular weight is 466 g/mol. The summed E-state index contributed by atoms with van der Waals surface area (Å²) in [6.45, 7) is 19.0. The van der Waals surface area contributed by atoms with Crippen molar-refractivity contribution < 1.29 is 58.9 Å². The van der Waals surface area contributed by atoms with Crippen molar-refractivity contribution in [2.24, 2.45) is 0 Å². The molecule has 0 nitrogen and oxygen atoms in total. The summed E-state index contributed by atoms with van der Waals surface area (Å²) < 4.78 is 0. The van der Waals surface area contributed by atoms with Crippen LogP contribution in [-0.2, 0) is 21.7 Å². The van der Waals surface area contributed by atoms with Crippen molar-refractivity contribution in [3.63, 3.8) is 0 Å². The van der Waals surface area contributed by atoms with E-state index in [9.17, 15) is 0 Å². The van der Waals surface area contributed by atoms with Gasteiger partial charge < -0.3 is 37.2 Å². The quantitative estimate of drug-likeness (QED) is 0.329. The molecule has 0 aliphatic heterocycles. The smallest absolute Gasteiger partial charge is 1.00 e. The maximum atomic E-state index is 3.94. The van der Waals surface area contributed by atoms with E-state index in [1.165, 1.54) is 11.1 Å². The van der Waals surface area contributed by atoms with Gasteiger partial charge in [-0.2, -0.15) is 11.1 Å². The van der Waals surface area contributed by atoms with Crippen molar-refractivity contribution in [1.29, 1.82) is 0 Å². The topological polar surface area (TPSA) is 0 Å². The molecule has 144 valence electrons. The van der Waals surface area contributed by atoms with E-state index in [4.69, 9.17) is 0 Å². The van der Waals surface area contributed by atoms with Crippen LogP contribution < -0.4 is 42.4 Å². The fourth-order valence-electron chi connectivity index (χ4n) is 5.12. The monoisotopic (exact) mass is 464 g/mol. The number of allylic oxidation sites excluding steroid dienone is 4. The largest absolute Gasteiger partial charge is 4.00 e. The molecule has 0 saturated carbocycles. The first-order chi connectivity index (χ1) is 10.2. The van der Waals surface area contributed by atoms with E-state index < -0.39 is 8.07 Å². The minimum Gasteiger partial charge on any atom is -1.00 e. The molecule has 1 aromatic rings. The fourth-order valence-corrected chi connectivity index (χ4v) is 12.6. The minimum absolute atomic E-state index is 0. The maximum absolute atomic E-state index is 3.94. The van der Waals surface area contributed by atoms with Gasteiger partial charge in [-0.25, -0.2) is 5.57 Å². The van der Waals surface area contributed by atoms with Gasteiger partial charge in [0.25, 0.3) is 0 Å². The normalized spacial score (nSPS) is 19.2. The van der Waals surface area contributed by atoms with Gasteiger partial charge in [-0.3, -0.25) is 6.08 Å². The van der Waals surface area contributed by atoms with Crippen LogP contribution in [0, 0.1) is 6.08 Å². The fraction of sp³-hybridized carbons (Fsp3) is 0.524. The number of rotatable bonds is 4. The summed E-state index contributed by atoms with van der Waals surface area (Å²) in [5.41, 5.74) is 5.69. The van der Waals surface area contributed by atoms with Crippen LogP contribution in [0.3, 0.4) is 0 Å². The van der Waals surface area contributed by atoms with Crippen LogP contribution in [0.2, 0.25) is 16.1 Å². The molecule has 0 saturated heterocycles. The van der Waals surface area contributed by atoms with Gasteiger partial charge >= 0.3 is 21.7 Å². The molecule has 0 amide bonds. The molecule has 1 aliphatic rings. The molecule has 0 spiro atoms. The first kappa shape index (κ1) is 31.2. The van der Waals surface area contributed by atoms with E-state index >= 15 is 0 Å². The Morgan fingerprint density at radius 3 is 1.58 bits per heavy atom. The van der Waals surface area contributed by atoms with Gasteiger partial charge in [-0.05, 0) is 11.1 Å². The standard InChI is InChI=1S/C21H31Si.3ClH.Ti/c1-15(2)22(16(3)4,20-12-10-9-11-13-20)21(8)14-17(5)18(6)19(21)7;;;;/h9-13,15-16H,1-8H3;3*1H;/q-1;;;;+4/p-3. The summed E-state index contributed by atoms with van der Waals surface area (Å²) in [6, 6.07) is 11.3. The second kappa shape index (κ2) is 11.5. The van der Waals surface area contributed by atoms with Crippen LogP contribution in [0.25, 0.3) is 0 Å². The van der Waals surface area contributed by atoms with Crippen LogP contribution in [0.1, 0.15) is 55.4 Å². The molecule has 0 N–H and O–H groups in total. The van der Waals surface area contributed by atoms with Crippen molar-refractivity contribution in [3.05, 3.63) is 53.1 Å². The second-order valence-corrected chi connectivity index (χ2v) is 13.3. The van der Waals surface area contributed by atoms with Crippen molar-refractivity contribution in [1.82, 2.24) is 0 Å². The Bertz CT molecular complexity index is 615. The van der Waals surface area contributed by atoms with E-state index in [2.05, 4.69) is 91.8 Å². The van der Waals surface area contributed by atoms with Gasteiger partial charge in [0.1, 0.15) is 0 Å². The first-order valence-corrected chi connectivity index (χ1v) is 10.7. The summed E-state index contributed by atoms with van der Waals surface area (Å²) in [5, 5.41) is 1.67. The first-order valence-electron chi connectivity index (χ1n) is 8.55. The van der Waals surface area contributed by atoms with E-state index in [0.29, 0.717) is 11.1 Å². The Morgan fingerprint density at radius 1 is 0.846 bits per heavy atom. The van der Waals surface area contributed by atoms with Gasteiger partial charge in [0.2, 0.25) is 0 Å². The Hall–Kier alpha value is 0.501. The van der Waals surface area contributed by atoms with Crippen LogP contribution in [-0.4, -0.2) is 8.07 Å². The van der Waals surface area contributed by atoms with Crippen molar-refractivity contribution in [2.45, 2.75) is 71.5 Å². The molecule has 5 heteroatoms. The molecule has 0 heterocycles. The third kappa shape index (κ3) is 4.56. The van der Waals surface area contributed by atoms with E-state index in [1.807, 2.05) is 0 Å². The zero-order valence-corrected chi connectivity index (χ0v) is 22.0. The van der Waals surface area contributed by atoms with E-state index in [0.717, 1.165) is 0 Å². The molecule has 2 rings (SSSR count). The van der Waals surface area contributed by atoms with Crippen LogP contribution in [0.5, 0.6) is 0 Å². The molecule has 1 atom stereocenters. The molecular weight excluding hydrogens is 435 g/mol. The molecule has 26 heavy (non-hydrogen) atoms. The molecule has 0 aromatic heterocycles. The molecular formula is C21H31Cl3SiTi. The average Bonchev–Trinajstić information content (AvgIpc) is 2.64. The predicted molar refractivity (Wildman–Crippen MR) is 101 cm³/mol. The number of hydrogen-bond donors (Lipinski definition) is 0. The molecule has 1 unspecified atom stereocenters. The number of hydrogen-bond acceptors (Lipinski definition) is 0. The third-order valence-corrected chi connectivity index (χ3v) is 13.3. The van der Waals surface area contributed by atoms with Gasteiger partial charge in [0, 0.05) is 0 Å². The van der Waals surface area contributed by atoms with E-state index in [1.54, 1.807) is 10.8 Å². The van der Waals surface area contributed by atoms with Gasteiger partial charge in [0.15, 0.2) is 0 Å². The summed E-state index contributed by atoms with van der Waals surface area (Å²) in [7, 11) is -1.85. The van der Waals surface area contributed by atoms with Gasteiger partial charge in [0.05, 0.1) is 8.07 Å². The Morgan fingerprint density at radius 2 is 1.27 bits per heavy atom. The van der Waals surface area contributed by atoms with Crippen LogP contribution in [0.4, 0.5) is 0 Å². The SMILES string of the molecule is CC1=[C-]C(C)([Si](c2ccccc2)(C(C)C)C(C)C)C(C)=C1C.[Cl-].[Cl-].[Cl-].[Ti+4]. The molecule has 1 aromatic carbocycles. The van der Waals surface area contributed by atoms with Gasteiger partial charge in [-0.15, -0.1) is 6.92 Å². The predicted octanol–water partition coefficient (Wildman–Crippen LogP) is -2.97.